The topological polar surface area (TPSA) is 25.8 Å². The van der Waals surface area contributed by atoms with E-state index in [-0.39, 0.29) is 14.5 Å². The molecule has 2 nitrogen and oxygen atoms in total. The van der Waals surface area contributed by atoms with E-state index in [0.29, 0.717) is 0 Å². The van der Waals surface area contributed by atoms with Gasteiger partial charge in [-0.2, -0.15) is 0 Å². The van der Waals surface area contributed by atoms with Gasteiger partial charge in [0.05, 0.1) is 0 Å². The molecule has 0 unspecified atom stereocenters. The van der Waals surface area contributed by atoms with E-state index >= 15 is 0 Å². The van der Waals surface area contributed by atoms with Crippen molar-refractivity contribution in [3.63, 3.8) is 0 Å². The van der Waals surface area contributed by atoms with Crippen LogP contribution in [0.15, 0.2) is 207 Å². The van der Waals surface area contributed by atoms with Crippen molar-refractivity contribution in [2.24, 2.45) is 0 Å². The first-order chi connectivity index (χ1) is 30.3. The van der Waals surface area contributed by atoms with Crippen molar-refractivity contribution in [2.45, 2.75) is 0 Å². The predicted molar refractivity (Wildman–Crippen MR) is 261 cm³/mol. The Kier molecular flexibility index (Phi) is 7.65. The van der Waals surface area contributed by atoms with Gasteiger partial charge >= 0.3 is 354 Å². The zero-order chi connectivity index (χ0) is 40.0. The van der Waals surface area contributed by atoms with Crippen molar-refractivity contribution < 1.29 is 0 Å². The van der Waals surface area contributed by atoms with Gasteiger partial charge in [0.15, 0.2) is 0 Å². The second-order valence-corrected chi connectivity index (χ2v) is 18.2. The van der Waals surface area contributed by atoms with Crippen molar-refractivity contribution in [3.8, 4) is 44.5 Å². The first kappa shape index (κ1) is 34.4. The third kappa shape index (κ3) is 5.28. The summed E-state index contributed by atoms with van der Waals surface area (Å²) in [5, 5.41) is 15.1. The van der Waals surface area contributed by atoms with Gasteiger partial charge in [-0.1, -0.05) is 0 Å². The van der Waals surface area contributed by atoms with E-state index in [4.69, 9.17) is 9.97 Å². The fourth-order valence-electron chi connectivity index (χ4n) is 10.1. The minimum atomic E-state index is 0.0891. The summed E-state index contributed by atoms with van der Waals surface area (Å²) >= 11 is 0.0891. The molecule has 0 radical (unpaired) electrons. The number of hydrogen-bond donors (Lipinski definition) is 0. The maximum absolute atomic E-state index is 4.73. The van der Waals surface area contributed by atoms with Crippen LogP contribution >= 0.6 is 0 Å². The summed E-state index contributed by atoms with van der Waals surface area (Å²) in [7, 11) is 0. The predicted octanol–water partition coefficient (Wildman–Crippen LogP) is 15.4. The van der Waals surface area contributed by atoms with E-state index in [2.05, 4.69) is 182 Å². The third-order valence-electron chi connectivity index (χ3n) is 12.7. The number of fused-ring (bicyclic) bond motifs is 9. The summed E-state index contributed by atoms with van der Waals surface area (Å²) in [6.45, 7) is 0. The molecule has 3 heteroatoms. The fraction of sp³-hybridized carbons (Fsp3) is 0. The number of benzene rings is 10. The van der Waals surface area contributed by atoms with Gasteiger partial charge in [0.25, 0.3) is 0 Å². The maximum atomic E-state index is 4.73. The Balaban J connectivity index is 1.03. The van der Waals surface area contributed by atoms with Gasteiger partial charge in [0.2, 0.25) is 0 Å². The number of hydrogen-bond acceptors (Lipinski definition) is 2. The molecular formula is C58H34N2Se. The van der Waals surface area contributed by atoms with Crippen LogP contribution in [0.4, 0.5) is 0 Å². The Labute approximate surface area is 357 Å². The van der Waals surface area contributed by atoms with Gasteiger partial charge in [0.1, 0.15) is 0 Å². The minimum absolute atomic E-state index is 0.0891. The van der Waals surface area contributed by atoms with Crippen LogP contribution in [0.3, 0.4) is 0 Å². The Hall–Kier alpha value is -7.42. The van der Waals surface area contributed by atoms with Crippen molar-refractivity contribution in [1.29, 1.82) is 0 Å². The molecule has 13 aromatic rings. The number of aromatic nitrogens is 2. The summed E-state index contributed by atoms with van der Waals surface area (Å²) in [4.78, 5) is 9.46. The van der Waals surface area contributed by atoms with Gasteiger partial charge in [-0.3, -0.25) is 0 Å². The number of pyridine rings is 2. The molecule has 0 saturated carbocycles. The summed E-state index contributed by atoms with van der Waals surface area (Å²) in [5.74, 6) is 0. The second kappa shape index (κ2) is 13.6. The fourth-order valence-corrected chi connectivity index (χ4v) is 12.7. The van der Waals surface area contributed by atoms with Crippen LogP contribution in [0.1, 0.15) is 0 Å². The van der Waals surface area contributed by atoms with E-state index in [9.17, 15) is 0 Å². The van der Waals surface area contributed by atoms with Gasteiger partial charge in [-0.05, 0) is 6.07 Å². The number of nitrogens with zero attached hydrogens (tertiary/aromatic N) is 2. The zero-order valence-corrected chi connectivity index (χ0v) is 34.6. The van der Waals surface area contributed by atoms with Crippen molar-refractivity contribution in [1.82, 2.24) is 9.97 Å². The molecular weight excluding hydrogens is 804 g/mol. The molecule has 0 aliphatic carbocycles. The van der Waals surface area contributed by atoms with Crippen LogP contribution in [0, 0.1) is 0 Å². The molecule has 0 saturated heterocycles. The van der Waals surface area contributed by atoms with Gasteiger partial charge < -0.3 is 0 Å². The quantitative estimate of drug-likeness (QED) is 0.130. The molecule has 0 aliphatic rings. The van der Waals surface area contributed by atoms with Crippen LogP contribution in [-0.2, 0) is 0 Å². The SMILES string of the molecule is c1cnc2cc(-c3c4ccccc4c(-c4ccc5c(c4)[se]c4c(-c6c7ccccc7c(-c7ccc8cccnc8c7)c7ccccc67)cccc45)c4ccccc34)ccc2c1. The van der Waals surface area contributed by atoms with E-state index in [0.717, 1.165) is 21.8 Å². The molecule has 0 bridgehead atoms. The third-order valence-corrected chi connectivity index (χ3v) is 15.2. The van der Waals surface area contributed by atoms with E-state index in [1.54, 1.807) is 0 Å². The van der Waals surface area contributed by atoms with Crippen LogP contribution in [0.5, 0.6) is 0 Å². The van der Waals surface area contributed by atoms with E-state index < -0.39 is 0 Å². The summed E-state index contributed by atoms with van der Waals surface area (Å²) in [6, 6.07) is 71.8. The molecule has 0 N–H and O–H groups in total. The van der Waals surface area contributed by atoms with Crippen LogP contribution in [0.25, 0.3) is 129 Å². The van der Waals surface area contributed by atoms with Crippen molar-refractivity contribution in [3.05, 3.63) is 207 Å². The first-order valence-electron chi connectivity index (χ1n) is 20.8. The molecule has 10 aromatic carbocycles. The molecule has 3 heterocycles. The Morgan fingerprint density at radius 3 is 1.18 bits per heavy atom. The summed E-state index contributed by atoms with van der Waals surface area (Å²) in [5.41, 5.74) is 12.1. The normalized spacial score (nSPS) is 11.9. The van der Waals surface area contributed by atoms with Crippen LogP contribution < -0.4 is 0 Å². The molecule has 282 valence electrons. The zero-order valence-electron chi connectivity index (χ0n) is 32.9. The molecule has 3 aromatic heterocycles. The number of rotatable bonds is 4. The Morgan fingerprint density at radius 1 is 0.295 bits per heavy atom. The first-order valence-corrected chi connectivity index (χ1v) is 22.5. The average Bonchev–Trinajstić information content (AvgIpc) is 3.70. The van der Waals surface area contributed by atoms with Crippen molar-refractivity contribution in [2.75, 3.05) is 0 Å². The Morgan fingerprint density at radius 2 is 0.705 bits per heavy atom. The average molecular weight is 838 g/mol. The van der Waals surface area contributed by atoms with E-state index in [1.165, 1.54) is 107 Å². The molecule has 0 spiro atoms. The van der Waals surface area contributed by atoms with Gasteiger partial charge in [-0.25, -0.2) is 0 Å². The molecule has 61 heavy (non-hydrogen) atoms. The summed E-state index contributed by atoms with van der Waals surface area (Å²) in [6.07, 6.45) is 3.77. The standard InChI is InChI=1S/C58H34N2Se/c1-3-16-43-41(14-1)54(37-26-24-35-12-10-30-59-51(35)32-37)42-15-2-4-17-44(42)56(43)39-28-29-40-49-22-9-23-50(58(49)61-53(40)34-39)57-47-20-7-5-18-45(47)55(46-19-6-8-21-48(46)57)38-27-25-36-13-11-31-60-52(36)33-38/h1-34H. The van der Waals surface area contributed by atoms with E-state index in [1.807, 2.05) is 24.5 Å². The van der Waals surface area contributed by atoms with Crippen LogP contribution in [-0.4, -0.2) is 24.5 Å². The second-order valence-electron chi connectivity index (χ2n) is 16.0. The van der Waals surface area contributed by atoms with Gasteiger partial charge in [-0.15, -0.1) is 0 Å². The van der Waals surface area contributed by atoms with Crippen molar-refractivity contribution >= 4 is 98.7 Å². The monoisotopic (exact) mass is 838 g/mol. The van der Waals surface area contributed by atoms with Crippen LogP contribution in [0.2, 0.25) is 0 Å². The molecule has 0 fully saturated rings. The van der Waals surface area contributed by atoms with Gasteiger partial charge in [0, 0.05) is 0 Å². The Bertz CT molecular complexity index is 3840. The summed E-state index contributed by atoms with van der Waals surface area (Å²) < 4.78 is 2.88. The molecule has 0 aliphatic heterocycles. The molecule has 0 amide bonds. The molecule has 13 rings (SSSR count). The molecule has 0 atom stereocenters.